The Labute approximate surface area is 122 Å². The van der Waals surface area contributed by atoms with Gasteiger partial charge in [0.15, 0.2) is 5.78 Å². The summed E-state index contributed by atoms with van der Waals surface area (Å²) in [6.07, 6.45) is 14.0. The van der Waals surface area contributed by atoms with Crippen LogP contribution in [0.1, 0.15) is 76.3 Å². The van der Waals surface area contributed by atoms with E-state index < -0.39 is 6.04 Å². The zero-order chi connectivity index (χ0) is 14.8. The van der Waals surface area contributed by atoms with E-state index in [0.29, 0.717) is 6.42 Å². The maximum Gasteiger partial charge on any atom is 0.154 e. The Morgan fingerprint density at radius 1 is 1.20 bits per heavy atom. The van der Waals surface area contributed by atoms with Gasteiger partial charge in [-0.15, -0.1) is 0 Å². The van der Waals surface area contributed by atoms with E-state index in [2.05, 4.69) is 12.0 Å². The van der Waals surface area contributed by atoms with E-state index in [-0.39, 0.29) is 5.78 Å². The van der Waals surface area contributed by atoms with E-state index >= 15 is 0 Å². The summed E-state index contributed by atoms with van der Waals surface area (Å²) in [6.45, 7) is 2.23. The van der Waals surface area contributed by atoms with Crippen LogP contribution in [-0.2, 0) is 11.8 Å². The molecule has 0 saturated carbocycles. The molecule has 114 valence electrons. The average Bonchev–Trinajstić information content (AvgIpc) is 2.87. The van der Waals surface area contributed by atoms with Gasteiger partial charge in [0.25, 0.3) is 0 Å². The number of aryl methyl sites for hydroxylation is 1. The van der Waals surface area contributed by atoms with E-state index in [1.165, 1.54) is 38.5 Å². The Kier molecular flexibility index (Phi) is 8.19. The molecule has 0 aliphatic carbocycles. The van der Waals surface area contributed by atoms with Gasteiger partial charge in [0.2, 0.25) is 0 Å². The monoisotopic (exact) mass is 279 g/mol. The van der Waals surface area contributed by atoms with E-state index in [1.807, 2.05) is 13.2 Å². The van der Waals surface area contributed by atoms with Crippen LogP contribution in [-0.4, -0.2) is 15.6 Å². The molecule has 1 heterocycles. The molecule has 20 heavy (non-hydrogen) atoms. The molecule has 0 aliphatic rings. The van der Waals surface area contributed by atoms with E-state index in [0.717, 1.165) is 18.4 Å². The molecular weight excluding hydrogens is 250 g/mol. The largest absolute Gasteiger partial charge is 0.318 e. The van der Waals surface area contributed by atoms with Crippen molar-refractivity contribution in [1.29, 1.82) is 0 Å². The van der Waals surface area contributed by atoms with Crippen molar-refractivity contribution in [2.24, 2.45) is 12.8 Å². The Balaban J connectivity index is 2.08. The lowest BCUT2D eigenvalue weighted by molar-refractivity contribution is -0.120. The second-order valence-electron chi connectivity index (χ2n) is 5.62. The Bertz CT molecular complexity index is 387. The summed E-state index contributed by atoms with van der Waals surface area (Å²) in [4.78, 5) is 12.0. The molecule has 0 bridgehead atoms. The lowest BCUT2D eigenvalue weighted by Crippen LogP contribution is -2.20. The maximum atomic E-state index is 12.0. The molecule has 0 amide bonds. The van der Waals surface area contributed by atoms with Gasteiger partial charge in [-0.1, -0.05) is 51.9 Å². The highest BCUT2D eigenvalue weighted by molar-refractivity contribution is 5.84. The molecule has 0 saturated heterocycles. The van der Waals surface area contributed by atoms with Crippen LogP contribution in [0, 0.1) is 0 Å². The molecule has 1 unspecified atom stereocenters. The molecule has 0 aromatic carbocycles. The molecule has 1 rings (SSSR count). The van der Waals surface area contributed by atoms with Crippen LogP contribution in [0.5, 0.6) is 0 Å². The van der Waals surface area contributed by atoms with Gasteiger partial charge in [0.1, 0.15) is 0 Å². The van der Waals surface area contributed by atoms with Gasteiger partial charge >= 0.3 is 0 Å². The van der Waals surface area contributed by atoms with Crippen LogP contribution in [0.25, 0.3) is 0 Å². The third kappa shape index (κ3) is 6.33. The summed E-state index contributed by atoms with van der Waals surface area (Å²) in [7, 11) is 1.83. The molecule has 0 radical (unpaired) electrons. The number of ketones is 1. The van der Waals surface area contributed by atoms with Crippen LogP contribution < -0.4 is 5.73 Å². The van der Waals surface area contributed by atoms with Crippen molar-refractivity contribution in [3.05, 3.63) is 18.0 Å². The van der Waals surface area contributed by atoms with Gasteiger partial charge in [-0.05, 0) is 6.42 Å². The smallest absolute Gasteiger partial charge is 0.154 e. The average molecular weight is 279 g/mol. The SMILES string of the molecule is CCCCCCCCCCC(=O)C(N)c1cnn(C)c1. The van der Waals surface area contributed by atoms with E-state index in [9.17, 15) is 4.79 Å². The van der Waals surface area contributed by atoms with Crippen molar-refractivity contribution in [3.8, 4) is 0 Å². The molecule has 1 atom stereocenters. The molecule has 0 aliphatic heterocycles. The first kappa shape index (κ1) is 16.9. The van der Waals surface area contributed by atoms with Crippen molar-refractivity contribution in [1.82, 2.24) is 9.78 Å². The number of nitrogens with zero attached hydrogens (tertiary/aromatic N) is 2. The zero-order valence-electron chi connectivity index (χ0n) is 13.0. The number of rotatable bonds is 11. The molecule has 1 aromatic heterocycles. The fourth-order valence-electron chi connectivity index (χ4n) is 2.38. The Morgan fingerprint density at radius 3 is 2.35 bits per heavy atom. The number of hydrogen-bond acceptors (Lipinski definition) is 3. The molecule has 4 heteroatoms. The van der Waals surface area contributed by atoms with Crippen molar-refractivity contribution >= 4 is 5.78 Å². The topological polar surface area (TPSA) is 60.9 Å². The number of hydrogen-bond donors (Lipinski definition) is 1. The summed E-state index contributed by atoms with van der Waals surface area (Å²) in [5.41, 5.74) is 6.76. The predicted molar refractivity (Wildman–Crippen MR) is 82.4 cm³/mol. The minimum Gasteiger partial charge on any atom is -0.318 e. The third-order valence-electron chi connectivity index (χ3n) is 3.71. The quantitative estimate of drug-likeness (QED) is 0.630. The van der Waals surface area contributed by atoms with Gasteiger partial charge < -0.3 is 5.73 Å². The van der Waals surface area contributed by atoms with Crippen LogP contribution in [0.4, 0.5) is 0 Å². The van der Waals surface area contributed by atoms with Crippen LogP contribution in [0.3, 0.4) is 0 Å². The van der Waals surface area contributed by atoms with Gasteiger partial charge in [0.05, 0.1) is 12.2 Å². The Morgan fingerprint density at radius 2 is 1.80 bits per heavy atom. The third-order valence-corrected chi connectivity index (χ3v) is 3.71. The number of carbonyl (C=O) groups excluding carboxylic acids is 1. The molecule has 0 spiro atoms. The lowest BCUT2D eigenvalue weighted by Gasteiger charge is -2.08. The number of aromatic nitrogens is 2. The van der Waals surface area contributed by atoms with Crippen molar-refractivity contribution in [3.63, 3.8) is 0 Å². The van der Waals surface area contributed by atoms with Gasteiger partial charge in [-0.3, -0.25) is 9.48 Å². The normalized spacial score (nSPS) is 12.6. The van der Waals surface area contributed by atoms with Gasteiger partial charge in [-0.2, -0.15) is 5.10 Å². The van der Waals surface area contributed by atoms with E-state index in [4.69, 9.17) is 5.73 Å². The predicted octanol–water partition coefficient (Wildman–Crippen LogP) is 3.52. The molecule has 2 N–H and O–H groups in total. The summed E-state index contributed by atoms with van der Waals surface area (Å²) in [5.74, 6) is 0.129. The number of nitrogens with two attached hydrogens (primary N) is 1. The summed E-state index contributed by atoms with van der Waals surface area (Å²) in [5, 5.41) is 4.05. The summed E-state index contributed by atoms with van der Waals surface area (Å²) >= 11 is 0. The second-order valence-corrected chi connectivity index (χ2v) is 5.62. The highest BCUT2D eigenvalue weighted by Crippen LogP contribution is 2.15. The fourth-order valence-corrected chi connectivity index (χ4v) is 2.38. The summed E-state index contributed by atoms with van der Waals surface area (Å²) in [6, 6.07) is -0.506. The first-order valence-corrected chi connectivity index (χ1v) is 7.92. The highest BCUT2D eigenvalue weighted by Gasteiger charge is 2.16. The van der Waals surface area contributed by atoms with Crippen molar-refractivity contribution in [2.45, 2.75) is 70.8 Å². The summed E-state index contributed by atoms with van der Waals surface area (Å²) < 4.78 is 1.68. The first-order chi connectivity index (χ1) is 9.65. The number of Topliss-reactive ketones (excluding diaryl/α,β-unsaturated/α-hetero) is 1. The Hall–Kier alpha value is -1.16. The van der Waals surface area contributed by atoms with E-state index in [1.54, 1.807) is 10.9 Å². The zero-order valence-corrected chi connectivity index (χ0v) is 13.0. The van der Waals surface area contributed by atoms with Gasteiger partial charge in [-0.25, -0.2) is 0 Å². The second kappa shape index (κ2) is 9.70. The lowest BCUT2D eigenvalue weighted by atomic mass is 10.0. The number of carbonyl (C=O) groups is 1. The first-order valence-electron chi connectivity index (χ1n) is 7.92. The van der Waals surface area contributed by atoms with Crippen LogP contribution >= 0.6 is 0 Å². The van der Waals surface area contributed by atoms with Crippen LogP contribution in [0.2, 0.25) is 0 Å². The standard InChI is InChI=1S/C16H29N3O/c1-3-4-5-6-7-8-9-10-11-15(20)16(17)14-12-18-19(2)13-14/h12-13,16H,3-11,17H2,1-2H3. The molecule has 4 nitrogen and oxygen atoms in total. The minimum absolute atomic E-state index is 0.129. The molecule has 0 fully saturated rings. The minimum atomic E-state index is -0.506. The van der Waals surface area contributed by atoms with Crippen LogP contribution in [0.15, 0.2) is 12.4 Å². The van der Waals surface area contributed by atoms with Crippen molar-refractivity contribution < 1.29 is 4.79 Å². The number of unbranched alkanes of at least 4 members (excludes halogenated alkanes) is 7. The molecule has 1 aromatic rings. The highest BCUT2D eigenvalue weighted by atomic mass is 16.1. The fraction of sp³-hybridized carbons (Fsp3) is 0.750. The molecular formula is C16H29N3O. The maximum absolute atomic E-state index is 12.0. The van der Waals surface area contributed by atoms with Crippen molar-refractivity contribution in [2.75, 3.05) is 0 Å². The van der Waals surface area contributed by atoms with Gasteiger partial charge in [0, 0.05) is 25.2 Å².